The van der Waals surface area contributed by atoms with Crippen molar-refractivity contribution in [3.05, 3.63) is 24.4 Å². The number of unbranched alkanes of at least 4 members (excludes halogenated alkanes) is 1. The van der Waals surface area contributed by atoms with Crippen LogP contribution >= 0.6 is 0 Å². The molecular formula is C11H21N. The van der Waals surface area contributed by atoms with E-state index in [0.29, 0.717) is 0 Å². The van der Waals surface area contributed by atoms with E-state index in [2.05, 4.69) is 33.4 Å². The van der Waals surface area contributed by atoms with Gasteiger partial charge in [0.25, 0.3) is 0 Å². The number of hydrogen-bond acceptors (Lipinski definition) is 1. The highest BCUT2D eigenvalue weighted by Crippen LogP contribution is 2.17. The van der Waals surface area contributed by atoms with Crippen LogP contribution in [0.25, 0.3) is 0 Å². The van der Waals surface area contributed by atoms with Gasteiger partial charge in [-0.1, -0.05) is 32.9 Å². The van der Waals surface area contributed by atoms with Crippen LogP contribution in [0.3, 0.4) is 0 Å². The molecule has 0 radical (unpaired) electrons. The topological polar surface area (TPSA) is 26.0 Å². The summed E-state index contributed by atoms with van der Waals surface area (Å²) in [5.41, 5.74) is 7.04. The number of hydrogen-bond donors (Lipinski definition) is 1. The Morgan fingerprint density at radius 2 is 2.00 bits per heavy atom. The summed E-state index contributed by atoms with van der Waals surface area (Å²) in [6.45, 7) is 10.2. The van der Waals surface area contributed by atoms with Gasteiger partial charge >= 0.3 is 0 Å². The maximum Gasteiger partial charge on any atom is 0.00454 e. The molecule has 0 unspecified atom stereocenters. The largest absolute Gasteiger partial charge is 0.402 e. The summed E-state index contributed by atoms with van der Waals surface area (Å²) in [6, 6.07) is 0. The van der Waals surface area contributed by atoms with E-state index in [1.807, 2.05) is 6.08 Å². The Labute approximate surface area is 76.3 Å². The third-order valence-corrected chi connectivity index (χ3v) is 1.49. The van der Waals surface area contributed by atoms with Gasteiger partial charge in [0.15, 0.2) is 0 Å². The summed E-state index contributed by atoms with van der Waals surface area (Å²) in [5.74, 6) is 0. The second kappa shape index (κ2) is 5.02. The number of rotatable bonds is 4. The lowest BCUT2D eigenvalue weighted by Gasteiger charge is -2.13. The van der Waals surface area contributed by atoms with E-state index < -0.39 is 0 Å². The first-order valence-electron chi connectivity index (χ1n) is 4.54. The first-order chi connectivity index (χ1) is 5.45. The third-order valence-electron chi connectivity index (χ3n) is 1.49. The fourth-order valence-corrected chi connectivity index (χ4v) is 1.08. The van der Waals surface area contributed by atoms with Gasteiger partial charge in [0.1, 0.15) is 0 Å². The molecule has 0 aromatic heterocycles. The smallest absolute Gasteiger partial charge is 0.00454 e. The molecular weight excluding hydrogens is 146 g/mol. The summed E-state index contributed by atoms with van der Waals surface area (Å²) in [7, 11) is 0. The molecule has 0 aliphatic carbocycles. The van der Waals surface area contributed by atoms with Crippen LogP contribution in [0.1, 0.15) is 40.0 Å². The average Bonchev–Trinajstić information content (AvgIpc) is 1.84. The summed E-state index contributed by atoms with van der Waals surface area (Å²) in [6.07, 6.45) is 7.23. The first-order valence-corrected chi connectivity index (χ1v) is 4.54. The van der Waals surface area contributed by atoms with Crippen LogP contribution in [-0.4, -0.2) is 0 Å². The molecule has 70 valence electrons. The normalized spacial score (nSPS) is 13.1. The van der Waals surface area contributed by atoms with E-state index in [1.165, 1.54) is 0 Å². The van der Waals surface area contributed by atoms with Gasteiger partial charge in [-0.2, -0.15) is 0 Å². The molecule has 0 rings (SSSR count). The summed E-state index contributed by atoms with van der Waals surface area (Å²) in [5, 5.41) is 0. The summed E-state index contributed by atoms with van der Waals surface area (Å²) in [4.78, 5) is 0. The fraction of sp³-hybridized carbons (Fsp3) is 0.636. The number of nitrogens with two attached hydrogens (primary N) is 1. The third kappa shape index (κ3) is 7.39. The Morgan fingerprint density at radius 1 is 1.42 bits per heavy atom. The molecule has 0 aromatic rings. The lowest BCUT2D eigenvalue weighted by molar-refractivity contribution is 0.535. The van der Waals surface area contributed by atoms with Crippen LogP contribution in [0.4, 0.5) is 0 Å². The fourth-order valence-electron chi connectivity index (χ4n) is 1.08. The van der Waals surface area contributed by atoms with Gasteiger partial charge in [-0.3, -0.25) is 0 Å². The molecule has 0 amide bonds. The SMILES string of the molecule is C=CCCC/C(N)=C\C(C)(C)C. The van der Waals surface area contributed by atoms with Crippen LogP contribution in [0.2, 0.25) is 0 Å². The lowest BCUT2D eigenvalue weighted by atomic mass is 9.94. The molecule has 0 saturated heterocycles. The van der Waals surface area contributed by atoms with Gasteiger partial charge < -0.3 is 5.73 Å². The zero-order valence-corrected chi connectivity index (χ0v) is 8.56. The minimum Gasteiger partial charge on any atom is -0.402 e. The predicted octanol–water partition coefficient (Wildman–Crippen LogP) is 3.23. The molecule has 0 atom stereocenters. The van der Waals surface area contributed by atoms with Crippen molar-refractivity contribution in [2.45, 2.75) is 40.0 Å². The Hall–Kier alpha value is -0.720. The van der Waals surface area contributed by atoms with E-state index in [4.69, 9.17) is 5.73 Å². The van der Waals surface area contributed by atoms with Gasteiger partial charge in [0, 0.05) is 5.70 Å². The molecule has 0 heterocycles. The Balaban J connectivity index is 3.78. The van der Waals surface area contributed by atoms with Crippen molar-refractivity contribution < 1.29 is 0 Å². The highest BCUT2D eigenvalue weighted by Gasteiger charge is 2.05. The number of allylic oxidation sites excluding steroid dienone is 3. The molecule has 1 heteroatoms. The Bertz CT molecular complexity index is 160. The molecule has 0 aliphatic heterocycles. The van der Waals surface area contributed by atoms with Crippen LogP contribution in [0.15, 0.2) is 24.4 Å². The van der Waals surface area contributed by atoms with E-state index in [-0.39, 0.29) is 5.41 Å². The molecule has 12 heavy (non-hydrogen) atoms. The summed E-state index contributed by atoms with van der Waals surface area (Å²) < 4.78 is 0. The van der Waals surface area contributed by atoms with Gasteiger partial charge in [0.05, 0.1) is 0 Å². The monoisotopic (exact) mass is 167 g/mol. The quantitative estimate of drug-likeness (QED) is 0.505. The van der Waals surface area contributed by atoms with Crippen molar-refractivity contribution in [1.29, 1.82) is 0 Å². The minimum atomic E-state index is 0.207. The van der Waals surface area contributed by atoms with Crippen molar-refractivity contribution in [3.8, 4) is 0 Å². The standard InChI is InChI=1S/C11H21N/c1-5-6-7-8-10(12)9-11(2,3)4/h5,9H,1,6-8,12H2,2-4H3/b10-9+. The lowest BCUT2D eigenvalue weighted by Crippen LogP contribution is -2.06. The maximum absolute atomic E-state index is 5.83. The zero-order chi connectivity index (χ0) is 9.61. The molecule has 0 aliphatic rings. The molecule has 2 N–H and O–H groups in total. The van der Waals surface area contributed by atoms with Crippen molar-refractivity contribution >= 4 is 0 Å². The Morgan fingerprint density at radius 3 is 2.42 bits per heavy atom. The summed E-state index contributed by atoms with van der Waals surface area (Å²) >= 11 is 0. The van der Waals surface area contributed by atoms with Crippen molar-refractivity contribution in [1.82, 2.24) is 0 Å². The van der Waals surface area contributed by atoms with Crippen molar-refractivity contribution in [3.63, 3.8) is 0 Å². The Kier molecular flexibility index (Phi) is 4.72. The van der Waals surface area contributed by atoms with Gasteiger partial charge in [-0.15, -0.1) is 6.58 Å². The van der Waals surface area contributed by atoms with Gasteiger partial charge in [-0.05, 0) is 24.7 Å². The molecule has 1 nitrogen and oxygen atoms in total. The predicted molar refractivity (Wildman–Crippen MR) is 55.8 cm³/mol. The second-order valence-corrected chi connectivity index (χ2v) is 4.27. The van der Waals surface area contributed by atoms with Crippen LogP contribution < -0.4 is 5.73 Å². The molecule has 0 spiro atoms. The van der Waals surface area contributed by atoms with Crippen LogP contribution in [0, 0.1) is 5.41 Å². The van der Waals surface area contributed by atoms with Crippen LogP contribution in [0.5, 0.6) is 0 Å². The van der Waals surface area contributed by atoms with E-state index in [0.717, 1.165) is 25.0 Å². The molecule has 0 aromatic carbocycles. The van der Waals surface area contributed by atoms with Crippen molar-refractivity contribution in [2.75, 3.05) is 0 Å². The van der Waals surface area contributed by atoms with Gasteiger partial charge in [0.2, 0.25) is 0 Å². The van der Waals surface area contributed by atoms with Gasteiger partial charge in [-0.25, -0.2) is 0 Å². The molecule has 0 fully saturated rings. The average molecular weight is 167 g/mol. The van der Waals surface area contributed by atoms with Crippen molar-refractivity contribution in [2.24, 2.45) is 11.1 Å². The molecule has 0 bridgehead atoms. The second-order valence-electron chi connectivity index (χ2n) is 4.27. The highest BCUT2D eigenvalue weighted by molar-refractivity contribution is 5.02. The van der Waals surface area contributed by atoms with Crippen LogP contribution in [-0.2, 0) is 0 Å². The highest BCUT2D eigenvalue weighted by atomic mass is 14.6. The maximum atomic E-state index is 5.83. The van der Waals surface area contributed by atoms with E-state index in [9.17, 15) is 0 Å². The zero-order valence-electron chi connectivity index (χ0n) is 8.56. The first kappa shape index (κ1) is 11.3. The van der Waals surface area contributed by atoms with E-state index >= 15 is 0 Å². The van der Waals surface area contributed by atoms with E-state index in [1.54, 1.807) is 0 Å². The molecule has 0 saturated carbocycles. The minimum absolute atomic E-state index is 0.207.